The molecule has 174 valence electrons. The van der Waals surface area contributed by atoms with Crippen LogP contribution in [-0.2, 0) is 19.1 Å². The molecular formula is C25H27ClN2O4S. The summed E-state index contributed by atoms with van der Waals surface area (Å²) >= 11 is 7.47. The summed E-state index contributed by atoms with van der Waals surface area (Å²) in [4.78, 5) is 31.0. The number of rotatable bonds is 5. The van der Waals surface area contributed by atoms with Gasteiger partial charge in [0.2, 0.25) is 0 Å². The first kappa shape index (κ1) is 23.5. The summed E-state index contributed by atoms with van der Waals surface area (Å²) in [5, 5.41) is 6.48. The van der Waals surface area contributed by atoms with Gasteiger partial charge >= 0.3 is 11.9 Å². The first-order chi connectivity index (χ1) is 15.9. The number of esters is 2. The minimum absolute atomic E-state index is 0.0964. The van der Waals surface area contributed by atoms with Gasteiger partial charge in [-0.15, -0.1) is 11.3 Å². The smallest absolute Gasteiger partial charge is 0.337 e. The number of allylic oxidation sites excluding steroid dienone is 2. The van der Waals surface area contributed by atoms with E-state index >= 15 is 0 Å². The number of hydrogen-bond donors (Lipinski definition) is 1. The van der Waals surface area contributed by atoms with Crippen molar-refractivity contribution >= 4 is 34.9 Å². The van der Waals surface area contributed by atoms with Gasteiger partial charge in [-0.3, -0.25) is 0 Å². The third-order valence-corrected chi connectivity index (χ3v) is 7.28. The number of benzene rings is 1. The first-order valence-corrected chi connectivity index (χ1v) is 12.3. The van der Waals surface area contributed by atoms with Crippen LogP contribution in [-0.4, -0.2) is 30.1 Å². The number of halogens is 1. The molecule has 6 nitrogen and oxygen atoms in total. The Morgan fingerprint density at radius 2 is 1.67 bits per heavy atom. The van der Waals surface area contributed by atoms with Crippen molar-refractivity contribution in [3.63, 3.8) is 0 Å². The molecule has 0 bridgehead atoms. The number of hydrogen-bond acceptors (Lipinski definition) is 7. The van der Waals surface area contributed by atoms with Crippen molar-refractivity contribution in [3.8, 4) is 10.6 Å². The van der Waals surface area contributed by atoms with E-state index in [4.69, 9.17) is 26.1 Å². The summed E-state index contributed by atoms with van der Waals surface area (Å²) in [7, 11) is 1.34. The van der Waals surface area contributed by atoms with Crippen LogP contribution >= 0.6 is 22.9 Å². The molecule has 1 aliphatic carbocycles. The summed E-state index contributed by atoms with van der Waals surface area (Å²) in [5.41, 5.74) is 3.59. The van der Waals surface area contributed by atoms with Crippen molar-refractivity contribution in [1.29, 1.82) is 0 Å². The van der Waals surface area contributed by atoms with Crippen LogP contribution in [0.5, 0.6) is 0 Å². The normalized spacial score (nSPS) is 19.3. The van der Waals surface area contributed by atoms with E-state index in [1.54, 1.807) is 6.92 Å². The van der Waals surface area contributed by atoms with E-state index in [-0.39, 0.29) is 6.10 Å². The highest BCUT2D eigenvalue weighted by molar-refractivity contribution is 7.13. The molecule has 1 N–H and O–H groups in total. The number of ether oxygens (including phenoxy) is 2. The number of thiazole rings is 1. The fourth-order valence-corrected chi connectivity index (χ4v) is 5.46. The number of nitrogens with one attached hydrogen (secondary N) is 1. The zero-order valence-corrected chi connectivity index (χ0v) is 20.5. The highest BCUT2D eigenvalue weighted by Crippen LogP contribution is 2.41. The van der Waals surface area contributed by atoms with Crippen LogP contribution in [0.3, 0.4) is 0 Å². The van der Waals surface area contributed by atoms with Crippen molar-refractivity contribution in [1.82, 2.24) is 10.3 Å². The SMILES string of the molecule is COC(=O)C1=C(C)NC(C)=C(C(=O)OC2CCCCC2)C1c1csc(-c2ccc(Cl)cc2)n1. The van der Waals surface area contributed by atoms with Gasteiger partial charge in [-0.25, -0.2) is 14.6 Å². The predicted molar refractivity (Wildman–Crippen MR) is 129 cm³/mol. The van der Waals surface area contributed by atoms with Gasteiger partial charge in [0, 0.05) is 27.4 Å². The summed E-state index contributed by atoms with van der Waals surface area (Å²) in [6.07, 6.45) is 4.92. The van der Waals surface area contributed by atoms with E-state index in [0.29, 0.717) is 33.3 Å². The lowest BCUT2D eigenvalue weighted by Crippen LogP contribution is -2.34. The van der Waals surface area contributed by atoms with Gasteiger partial charge in [0.15, 0.2) is 0 Å². The first-order valence-electron chi connectivity index (χ1n) is 11.1. The van der Waals surface area contributed by atoms with Crippen LogP contribution in [0.2, 0.25) is 5.02 Å². The van der Waals surface area contributed by atoms with E-state index in [1.807, 2.05) is 36.6 Å². The lowest BCUT2D eigenvalue weighted by atomic mass is 9.83. The molecular weight excluding hydrogens is 460 g/mol. The fraction of sp³-hybridized carbons (Fsp3) is 0.400. The number of carbonyl (C=O) groups is 2. The average Bonchev–Trinajstić information content (AvgIpc) is 3.29. The summed E-state index contributed by atoms with van der Waals surface area (Å²) < 4.78 is 11.0. The van der Waals surface area contributed by atoms with E-state index in [0.717, 1.165) is 36.3 Å². The lowest BCUT2D eigenvalue weighted by Gasteiger charge is -2.30. The third kappa shape index (κ3) is 4.99. The van der Waals surface area contributed by atoms with Gasteiger partial charge in [0.1, 0.15) is 11.1 Å². The third-order valence-electron chi connectivity index (χ3n) is 6.12. The minimum Gasteiger partial charge on any atom is -0.466 e. The molecule has 2 heterocycles. The summed E-state index contributed by atoms with van der Waals surface area (Å²) in [6.45, 7) is 3.63. The molecule has 4 rings (SSSR count). The lowest BCUT2D eigenvalue weighted by molar-refractivity contribution is -0.146. The molecule has 8 heteroatoms. The van der Waals surface area contributed by atoms with Crippen LogP contribution < -0.4 is 5.32 Å². The summed E-state index contributed by atoms with van der Waals surface area (Å²) in [5.74, 6) is -1.58. The Balaban J connectivity index is 1.73. The Kier molecular flexibility index (Phi) is 7.20. The van der Waals surface area contributed by atoms with Crippen LogP contribution in [0, 0.1) is 0 Å². The standard InChI is InChI=1S/C25H27ClN2O4S/c1-14-20(24(29)31-3)22(19-13-33-23(28-19)16-9-11-17(26)12-10-16)21(15(2)27-14)25(30)32-18-7-5-4-6-8-18/h9-13,18,22,27H,4-8H2,1-3H3. The molecule has 1 aromatic heterocycles. The topological polar surface area (TPSA) is 77.5 Å². The molecule has 1 aromatic carbocycles. The monoisotopic (exact) mass is 486 g/mol. The Hall–Kier alpha value is -2.64. The number of carbonyl (C=O) groups excluding carboxylic acids is 2. The van der Waals surface area contributed by atoms with E-state index in [2.05, 4.69) is 5.32 Å². The van der Waals surface area contributed by atoms with Crippen LogP contribution in [0.1, 0.15) is 57.6 Å². The van der Waals surface area contributed by atoms with Crippen LogP contribution in [0.25, 0.3) is 10.6 Å². The maximum atomic E-state index is 13.4. The molecule has 1 saturated carbocycles. The molecule has 1 aliphatic heterocycles. The molecule has 1 unspecified atom stereocenters. The molecule has 33 heavy (non-hydrogen) atoms. The maximum absolute atomic E-state index is 13.4. The predicted octanol–water partition coefficient (Wildman–Crippen LogP) is 5.75. The molecule has 2 aromatic rings. The summed E-state index contributed by atoms with van der Waals surface area (Å²) in [6, 6.07) is 7.41. The van der Waals surface area contributed by atoms with Crippen molar-refractivity contribution < 1.29 is 19.1 Å². The molecule has 1 atom stereocenters. The Bertz CT molecular complexity index is 1110. The average molecular weight is 487 g/mol. The quantitative estimate of drug-likeness (QED) is 0.542. The fourth-order valence-electron chi connectivity index (χ4n) is 4.48. The Morgan fingerprint density at radius 3 is 2.30 bits per heavy atom. The zero-order valence-electron chi connectivity index (χ0n) is 18.9. The number of methoxy groups -OCH3 is 1. The molecule has 2 aliphatic rings. The zero-order chi connectivity index (χ0) is 23.5. The van der Waals surface area contributed by atoms with Gasteiger partial charge in [-0.05, 0) is 51.7 Å². The van der Waals surface area contributed by atoms with Crippen molar-refractivity contribution in [2.75, 3.05) is 7.11 Å². The highest BCUT2D eigenvalue weighted by atomic mass is 35.5. The van der Waals surface area contributed by atoms with E-state index in [9.17, 15) is 9.59 Å². The van der Waals surface area contributed by atoms with E-state index < -0.39 is 17.9 Å². The van der Waals surface area contributed by atoms with Crippen molar-refractivity contribution in [2.24, 2.45) is 0 Å². The molecule has 0 spiro atoms. The van der Waals surface area contributed by atoms with Gasteiger partial charge in [0.05, 0.1) is 29.9 Å². The number of dihydropyridines is 1. The Morgan fingerprint density at radius 1 is 1.03 bits per heavy atom. The Labute approximate surface area is 202 Å². The minimum atomic E-state index is -0.674. The molecule has 0 amide bonds. The second kappa shape index (κ2) is 10.1. The largest absolute Gasteiger partial charge is 0.466 e. The van der Waals surface area contributed by atoms with Crippen molar-refractivity contribution in [3.05, 3.63) is 62.9 Å². The molecule has 0 saturated heterocycles. The van der Waals surface area contributed by atoms with Crippen molar-refractivity contribution in [2.45, 2.75) is 58.0 Å². The molecule has 0 radical (unpaired) electrons. The van der Waals surface area contributed by atoms with Crippen LogP contribution in [0.15, 0.2) is 52.2 Å². The van der Waals surface area contributed by atoms with Gasteiger partial charge in [0.25, 0.3) is 0 Å². The highest BCUT2D eigenvalue weighted by Gasteiger charge is 2.40. The van der Waals surface area contributed by atoms with Gasteiger partial charge in [-0.1, -0.05) is 30.2 Å². The maximum Gasteiger partial charge on any atom is 0.337 e. The second-order valence-corrected chi connectivity index (χ2v) is 9.67. The van der Waals surface area contributed by atoms with E-state index in [1.165, 1.54) is 24.9 Å². The second-order valence-electron chi connectivity index (χ2n) is 8.38. The molecule has 1 fully saturated rings. The number of nitrogens with zero attached hydrogens (tertiary/aromatic N) is 1. The number of aromatic nitrogens is 1. The van der Waals surface area contributed by atoms with Crippen LogP contribution in [0.4, 0.5) is 0 Å². The van der Waals surface area contributed by atoms with Gasteiger partial charge in [-0.2, -0.15) is 0 Å². The van der Waals surface area contributed by atoms with Gasteiger partial charge < -0.3 is 14.8 Å².